The highest BCUT2D eigenvalue weighted by Crippen LogP contribution is 2.29. The number of rotatable bonds is 5. The number of nitrogens with zero attached hydrogens (tertiary/aromatic N) is 4. The molecule has 3 N–H and O–H groups in total. The minimum atomic E-state index is -4.76. The third-order valence-corrected chi connectivity index (χ3v) is 3.40. The maximum atomic E-state index is 12.5. The van der Waals surface area contributed by atoms with Gasteiger partial charge in [0.1, 0.15) is 18.1 Å². The molecular weight excluding hydrogens is 397 g/mol. The molecule has 0 atom stereocenters. The molecule has 0 saturated heterocycles. The molecule has 0 radical (unpaired) electrons. The van der Waals surface area contributed by atoms with Gasteiger partial charge in [-0.1, -0.05) is 11.2 Å². The van der Waals surface area contributed by atoms with E-state index in [-0.39, 0.29) is 29.5 Å². The lowest BCUT2D eigenvalue weighted by Gasteiger charge is -2.08. The first-order valence-electron chi connectivity index (χ1n) is 7.79. The van der Waals surface area contributed by atoms with Crippen molar-refractivity contribution in [3.05, 3.63) is 53.8 Å². The van der Waals surface area contributed by atoms with Crippen molar-refractivity contribution in [1.82, 2.24) is 20.1 Å². The van der Waals surface area contributed by atoms with Gasteiger partial charge in [-0.2, -0.15) is 18.2 Å². The molecule has 2 amide bonds. The van der Waals surface area contributed by atoms with Crippen molar-refractivity contribution >= 4 is 17.8 Å². The lowest BCUT2D eigenvalue weighted by Crippen LogP contribution is -2.18. The predicted molar refractivity (Wildman–Crippen MR) is 89.1 cm³/mol. The standard InChI is InChI=1S/C16H11F3N6O4/c17-16(18,19)14-24-13(25-29-14)8-3-4-10(22-6-8)23-15(27)28-7-9-2-1-5-21-11(9)12(20)26/h1-6H,7H2,(H2,20,26)(H,22,23,27). The van der Waals surface area contributed by atoms with Crippen LogP contribution in [0.5, 0.6) is 0 Å². The molecule has 0 bridgehead atoms. The predicted octanol–water partition coefficient (Wildman–Crippen LogP) is 2.39. The zero-order valence-corrected chi connectivity index (χ0v) is 14.3. The van der Waals surface area contributed by atoms with Gasteiger partial charge in [0, 0.05) is 23.5 Å². The maximum Gasteiger partial charge on any atom is 0.471 e. The molecule has 0 aliphatic heterocycles. The summed E-state index contributed by atoms with van der Waals surface area (Å²) in [5.41, 5.74) is 5.62. The van der Waals surface area contributed by atoms with Crippen LogP contribution in [0.2, 0.25) is 0 Å². The summed E-state index contributed by atoms with van der Waals surface area (Å²) in [7, 11) is 0. The third-order valence-electron chi connectivity index (χ3n) is 3.40. The van der Waals surface area contributed by atoms with E-state index in [1.165, 1.54) is 24.4 Å². The zero-order valence-electron chi connectivity index (χ0n) is 14.3. The monoisotopic (exact) mass is 408 g/mol. The first-order valence-corrected chi connectivity index (χ1v) is 7.79. The van der Waals surface area contributed by atoms with Crippen LogP contribution in [0.4, 0.5) is 23.8 Å². The molecular formula is C16H11F3N6O4. The average Bonchev–Trinajstić information content (AvgIpc) is 3.18. The largest absolute Gasteiger partial charge is 0.471 e. The fraction of sp³-hybridized carbons (Fsp3) is 0.125. The van der Waals surface area contributed by atoms with Gasteiger partial charge in [0.2, 0.25) is 5.82 Å². The van der Waals surface area contributed by atoms with Crippen LogP contribution in [0, 0.1) is 0 Å². The van der Waals surface area contributed by atoms with Crippen LogP contribution >= 0.6 is 0 Å². The summed E-state index contributed by atoms with van der Waals surface area (Å²) in [5, 5.41) is 5.54. The van der Waals surface area contributed by atoms with Gasteiger partial charge < -0.3 is 15.0 Å². The first kappa shape index (κ1) is 19.7. The Labute approximate surface area is 159 Å². The summed E-state index contributed by atoms with van der Waals surface area (Å²) < 4.78 is 46.6. The Bertz CT molecular complexity index is 1040. The van der Waals surface area contributed by atoms with E-state index in [1.807, 2.05) is 0 Å². The van der Waals surface area contributed by atoms with Crippen LogP contribution in [-0.2, 0) is 17.5 Å². The molecule has 150 valence electrons. The Morgan fingerprint density at radius 1 is 1.21 bits per heavy atom. The second-order valence-corrected chi connectivity index (χ2v) is 5.43. The second-order valence-electron chi connectivity index (χ2n) is 5.43. The Morgan fingerprint density at radius 3 is 2.62 bits per heavy atom. The van der Waals surface area contributed by atoms with Crippen LogP contribution in [0.1, 0.15) is 21.9 Å². The lowest BCUT2D eigenvalue weighted by molar-refractivity contribution is -0.159. The van der Waals surface area contributed by atoms with Crippen molar-refractivity contribution in [2.24, 2.45) is 5.73 Å². The van der Waals surface area contributed by atoms with Gasteiger partial charge in [0.25, 0.3) is 5.91 Å². The normalized spacial score (nSPS) is 11.1. The van der Waals surface area contributed by atoms with Crippen molar-refractivity contribution in [2.75, 3.05) is 5.32 Å². The van der Waals surface area contributed by atoms with Gasteiger partial charge in [-0.3, -0.25) is 15.1 Å². The molecule has 0 unspecified atom stereocenters. The molecule has 0 fully saturated rings. The molecule has 0 aliphatic rings. The molecule has 0 aromatic carbocycles. The smallest absolute Gasteiger partial charge is 0.444 e. The highest BCUT2D eigenvalue weighted by Gasteiger charge is 2.38. The van der Waals surface area contributed by atoms with Crippen molar-refractivity contribution < 1.29 is 32.0 Å². The summed E-state index contributed by atoms with van der Waals surface area (Å²) in [5.74, 6) is -2.50. The fourth-order valence-electron chi connectivity index (χ4n) is 2.12. The number of carbonyl (C=O) groups is 2. The number of alkyl halides is 3. The molecule has 0 saturated carbocycles. The Kier molecular flexibility index (Phi) is 5.38. The number of nitrogens with one attached hydrogen (secondary N) is 1. The van der Waals surface area contributed by atoms with Crippen molar-refractivity contribution in [3.63, 3.8) is 0 Å². The number of amides is 2. The van der Waals surface area contributed by atoms with Crippen molar-refractivity contribution in [1.29, 1.82) is 0 Å². The minimum Gasteiger partial charge on any atom is -0.444 e. The second kappa shape index (κ2) is 7.92. The molecule has 0 spiro atoms. The zero-order chi connectivity index (χ0) is 21.0. The number of hydrogen-bond donors (Lipinski definition) is 2. The summed E-state index contributed by atoms with van der Waals surface area (Å²) in [4.78, 5) is 34.0. The number of primary amides is 1. The molecule has 10 nitrogen and oxygen atoms in total. The summed E-state index contributed by atoms with van der Waals surface area (Å²) in [6, 6.07) is 5.71. The van der Waals surface area contributed by atoms with Gasteiger partial charge in [0.05, 0.1) is 0 Å². The van der Waals surface area contributed by atoms with Crippen LogP contribution in [0.15, 0.2) is 41.2 Å². The van der Waals surface area contributed by atoms with Gasteiger partial charge in [-0.05, 0) is 18.2 Å². The Balaban J connectivity index is 1.61. The highest BCUT2D eigenvalue weighted by atomic mass is 19.4. The summed E-state index contributed by atoms with van der Waals surface area (Å²) in [6.45, 7) is -0.265. The van der Waals surface area contributed by atoms with Crippen molar-refractivity contribution in [3.8, 4) is 11.4 Å². The SMILES string of the molecule is NC(=O)c1ncccc1COC(=O)Nc1ccc(-c2noc(C(F)(F)F)n2)cn1. The number of nitrogens with two attached hydrogens (primary N) is 1. The van der Waals surface area contributed by atoms with E-state index in [2.05, 4.69) is 29.9 Å². The maximum absolute atomic E-state index is 12.5. The number of ether oxygens (including phenoxy) is 1. The van der Waals surface area contributed by atoms with E-state index >= 15 is 0 Å². The molecule has 3 rings (SSSR count). The summed E-state index contributed by atoms with van der Waals surface area (Å²) in [6.07, 6.45) is -3.13. The topological polar surface area (TPSA) is 146 Å². The van der Waals surface area contributed by atoms with E-state index in [4.69, 9.17) is 10.5 Å². The van der Waals surface area contributed by atoms with Gasteiger partial charge in [-0.25, -0.2) is 9.78 Å². The van der Waals surface area contributed by atoms with Gasteiger partial charge in [0.15, 0.2) is 0 Å². The molecule has 0 aliphatic carbocycles. The fourth-order valence-corrected chi connectivity index (χ4v) is 2.12. The molecule has 29 heavy (non-hydrogen) atoms. The van der Waals surface area contributed by atoms with Gasteiger partial charge >= 0.3 is 18.2 Å². The van der Waals surface area contributed by atoms with Crippen molar-refractivity contribution in [2.45, 2.75) is 12.8 Å². The average molecular weight is 408 g/mol. The molecule has 13 heteroatoms. The quantitative estimate of drug-likeness (QED) is 0.654. The number of aromatic nitrogens is 4. The molecule has 3 heterocycles. The summed E-state index contributed by atoms with van der Waals surface area (Å²) >= 11 is 0. The van der Waals surface area contributed by atoms with Crippen LogP contribution in [-0.4, -0.2) is 32.1 Å². The van der Waals surface area contributed by atoms with Crippen LogP contribution < -0.4 is 11.1 Å². The molecule has 3 aromatic rings. The Morgan fingerprint density at radius 2 is 2.00 bits per heavy atom. The number of halogens is 3. The molecule has 3 aromatic heterocycles. The third kappa shape index (κ3) is 4.82. The number of pyridine rings is 2. The first-order chi connectivity index (χ1) is 13.7. The number of hydrogen-bond acceptors (Lipinski definition) is 8. The van der Waals surface area contributed by atoms with E-state index < -0.39 is 24.1 Å². The van der Waals surface area contributed by atoms with E-state index in [1.54, 1.807) is 6.07 Å². The number of carbonyl (C=O) groups excluding carboxylic acids is 2. The lowest BCUT2D eigenvalue weighted by atomic mass is 10.2. The highest BCUT2D eigenvalue weighted by molar-refractivity contribution is 5.92. The van der Waals surface area contributed by atoms with E-state index in [0.29, 0.717) is 5.56 Å². The minimum absolute atomic E-state index is 0.0267. The van der Waals surface area contributed by atoms with E-state index in [0.717, 1.165) is 6.20 Å². The van der Waals surface area contributed by atoms with Gasteiger partial charge in [-0.15, -0.1) is 0 Å². The van der Waals surface area contributed by atoms with Crippen LogP contribution in [0.3, 0.4) is 0 Å². The number of anilines is 1. The van der Waals surface area contributed by atoms with Crippen LogP contribution in [0.25, 0.3) is 11.4 Å². The van der Waals surface area contributed by atoms with E-state index in [9.17, 15) is 22.8 Å². The Hall–Kier alpha value is -4.03.